The summed E-state index contributed by atoms with van der Waals surface area (Å²) >= 11 is 3.37. The number of rotatable bonds is 4. The molecule has 1 rings (SSSR count). The molecule has 3 N–H and O–H groups in total. The maximum atomic E-state index is 9.91. The van der Waals surface area contributed by atoms with E-state index in [1.165, 1.54) is 0 Å². The molecule has 90 valence electrons. The number of aliphatic hydroxyl groups is 1. The molecule has 0 unspecified atom stereocenters. The van der Waals surface area contributed by atoms with E-state index in [2.05, 4.69) is 15.9 Å². The first-order chi connectivity index (χ1) is 7.51. The molecule has 4 nitrogen and oxygen atoms in total. The van der Waals surface area contributed by atoms with E-state index in [-0.39, 0.29) is 6.04 Å². The molecule has 0 heterocycles. The number of ether oxygens (including phenoxy) is 2. The second kappa shape index (κ2) is 5.52. The highest BCUT2D eigenvalue weighted by Gasteiger charge is 2.18. The molecule has 0 aliphatic rings. The topological polar surface area (TPSA) is 64.7 Å². The van der Waals surface area contributed by atoms with Gasteiger partial charge in [-0.15, -0.1) is 0 Å². The Morgan fingerprint density at radius 3 is 2.19 bits per heavy atom. The number of aliphatic hydroxyl groups excluding tert-OH is 1. The van der Waals surface area contributed by atoms with Gasteiger partial charge in [0, 0.05) is 16.1 Å². The smallest absolute Gasteiger partial charge is 0.161 e. The summed E-state index contributed by atoms with van der Waals surface area (Å²) in [6.45, 7) is 1.74. The Morgan fingerprint density at radius 1 is 1.25 bits per heavy atom. The molecule has 2 atom stereocenters. The zero-order chi connectivity index (χ0) is 12.3. The summed E-state index contributed by atoms with van der Waals surface area (Å²) in [7, 11) is 3.11. The van der Waals surface area contributed by atoms with Gasteiger partial charge in [0.1, 0.15) is 0 Å². The van der Waals surface area contributed by atoms with Crippen molar-refractivity contribution in [3.05, 3.63) is 22.2 Å². The van der Waals surface area contributed by atoms with Crippen LogP contribution >= 0.6 is 15.9 Å². The van der Waals surface area contributed by atoms with Gasteiger partial charge in [0.2, 0.25) is 0 Å². The lowest BCUT2D eigenvalue weighted by molar-refractivity contribution is 0.152. The lowest BCUT2D eigenvalue weighted by Crippen LogP contribution is -2.24. The second-order valence-electron chi connectivity index (χ2n) is 3.53. The molecule has 0 saturated heterocycles. The number of methoxy groups -OCH3 is 2. The van der Waals surface area contributed by atoms with Crippen LogP contribution in [0.2, 0.25) is 0 Å². The number of halogens is 1. The van der Waals surface area contributed by atoms with Crippen LogP contribution in [0, 0.1) is 0 Å². The zero-order valence-electron chi connectivity index (χ0n) is 9.53. The first kappa shape index (κ1) is 13.3. The van der Waals surface area contributed by atoms with Crippen LogP contribution in [0.1, 0.15) is 18.6 Å². The van der Waals surface area contributed by atoms with Gasteiger partial charge in [0.15, 0.2) is 11.5 Å². The van der Waals surface area contributed by atoms with Crippen molar-refractivity contribution in [2.45, 2.75) is 19.1 Å². The molecule has 0 saturated carbocycles. The fourth-order valence-corrected chi connectivity index (χ4v) is 1.94. The molecule has 0 amide bonds. The normalized spacial score (nSPS) is 14.4. The summed E-state index contributed by atoms with van der Waals surface area (Å²) in [6, 6.07) is 3.12. The minimum absolute atomic E-state index is 0.352. The molecule has 0 fully saturated rings. The number of hydrogen-bond donors (Lipinski definition) is 2. The minimum atomic E-state index is -0.741. The molecular weight excluding hydrogens is 274 g/mol. The van der Waals surface area contributed by atoms with E-state index in [0.717, 1.165) is 4.47 Å². The van der Waals surface area contributed by atoms with Crippen molar-refractivity contribution >= 4 is 15.9 Å². The molecule has 0 bridgehead atoms. The summed E-state index contributed by atoms with van der Waals surface area (Å²) < 4.78 is 11.1. The van der Waals surface area contributed by atoms with E-state index in [1.54, 1.807) is 33.3 Å². The third-order valence-corrected chi connectivity index (χ3v) is 3.01. The Hall–Kier alpha value is -0.780. The summed E-state index contributed by atoms with van der Waals surface area (Å²) in [5, 5.41) is 9.91. The Labute approximate surface area is 103 Å². The van der Waals surface area contributed by atoms with Crippen LogP contribution in [0.4, 0.5) is 0 Å². The van der Waals surface area contributed by atoms with Crippen molar-refractivity contribution in [2.24, 2.45) is 5.73 Å². The van der Waals surface area contributed by atoms with Gasteiger partial charge in [-0.2, -0.15) is 0 Å². The van der Waals surface area contributed by atoms with Gasteiger partial charge in [0.05, 0.1) is 20.3 Å². The van der Waals surface area contributed by atoms with E-state index in [9.17, 15) is 5.11 Å². The first-order valence-electron chi connectivity index (χ1n) is 4.86. The average molecular weight is 290 g/mol. The van der Waals surface area contributed by atoms with E-state index < -0.39 is 6.10 Å². The molecule has 16 heavy (non-hydrogen) atoms. The lowest BCUT2D eigenvalue weighted by atomic mass is 10.0. The summed E-state index contributed by atoms with van der Waals surface area (Å²) in [5.74, 6) is 1.18. The van der Waals surface area contributed by atoms with E-state index >= 15 is 0 Å². The monoisotopic (exact) mass is 289 g/mol. The van der Waals surface area contributed by atoms with Gasteiger partial charge in [0.25, 0.3) is 0 Å². The molecule has 1 aromatic carbocycles. The molecule has 0 aliphatic carbocycles. The van der Waals surface area contributed by atoms with Gasteiger partial charge in [-0.05, 0) is 19.1 Å². The van der Waals surface area contributed by atoms with Crippen molar-refractivity contribution < 1.29 is 14.6 Å². The third kappa shape index (κ3) is 2.66. The molecule has 0 spiro atoms. The lowest BCUT2D eigenvalue weighted by Gasteiger charge is -2.18. The van der Waals surface area contributed by atoms with Crippen LogP contribution in [-0.4, -0.2) is 25.4 Å². The first-order valence-corrected chi connectivity index (χ1v) is 5.65. The Morgan fingerprint density at radius 2 is 1.75 bits per heavy atom. The number of benzene rings is 1. The van der Waals surface area contributed by atoms with Gasteiger partial charge in [-0.25, -0.2) is 0 Å². The van der Waals surface area contributed by atoms with Crippen LogP contribution < -0.4 is 15.2 Å². The van der Waals surface area contributed by atoms with Crippen LogP contribution in [0.3, 0.4) is 0 Å². The highest BCUT2D eigenvalue weighted by Crippen LogP contribution is 2.36. The maximum absolute atomic E-state index is 9.91. The van der Waals surface area contributed by atoms with Gasteiger partial charge >= 0.3 is 0 Å². The van der Waals surface area contributed by atoms with Gasteiger partial charge < -0.3 is 20.3 Å². The quantitative estimate of drug-likeness (QED) is 0.888. The van der Waals surface area contributed by atoms with Crippen LogP contribution in [0.15, 0.2) is 16.6 Å². The Bertz CT molecular complexity index is 368. The highest BCUT2D eigenvalue weighted by atomic mass is 79.9. The Kier molecular flexibility index (Phi) is 4.58. The van der Waals surface area contributed by atoms with Crippen molar-refractivity contribution in [1.82, 2.24) is 0 Å². The van der Waals surface area contributed by atoms with Gasteiger partial charge in [-0.1, -0.05) is 15.9 Å². The number of nitrogens with two attached hydrogens (primary N) is 1. The van der Waals surface area contributed by atoms with E-state index in [1.807, 2.05) is 0 Å². The van der Waals surface area contributed by atoms with Crippen molar-refractivity contribution in [3.63, 3.8) is 0 Å². The van der Waals surface area contributed by atoms with E-state index in [0.29, 0.717) is 17.1 Å². The standard InChI is InChI=1S/C11H16BrNO3/c1-6(13)11(14)7-4-9(15-2)10(16-3)5-8(7)12/h4-6,11,14H,13H2,1-3H3/t6-,11-/m0/s1. The summed E-state index contributed by atoms with van der Waals surface area (Å²) in [5.41, 5.74) is 6.34. The largest absolute Gasteiger partial charge is 0.493 e. The fraction of sp³-hybridized carbons (Fsp3) is 0.455. The van der Waals surface area contributed by atoms with Crippen molar-refractivity contribution in [2.75, 3.05) is 14.2 Å². The van der Waals surface area contributed by atoms with Crippen LogP contribution in [0.25, 0.3) is 0 Å². The van der Waals surface area contributed by atoms with E-state index in [4.69, 9.17) is 15.2 Å². The summed E-state index contributed by atoms with van der Waals surface area (Å²) in [6.07, 6.45) is -0.741. The van der Waals surface area contributed by atoms with Crippen molar-refractivity contribution in [1.29, 1.82) is 0 Å². The molecular formula is C11H16BrNO3. The van der Waals surface area contributed by atoms with Crippen LogP contribution in [-0.2, 0) is 0 Å². The summed E-state index contributed by atoms with van der Waals surface area (Å²) in [4.78, 5) is 0. The van der Waals surface area contributed by atoms with Crippen molar-refractivity contribution in [3.8, 4) is 11.5 Å². The Balaban J connectivity index is 3.21. The highest BCUT2D eigenvalue weighted by molar-refractivity contribution is 9.10. The van der Waals surface area contributed by atoms with Gasteiger partial charge in [-0.3, -0.25) is 0 Å². The molecule has 1 aromatic rings. The molecule has 5 heteroatoms. The maximum Gasteiger partial charge on any atom is 0.161 e. The second-order valence-corrected chi connectivity index (χ2v) is 4.39. The molecule has 0 aliphatic heterocycles. The number of hydrogen-bond acceptors (Lipinski definition) is 4. The average Bonchev–Trinajstić information content (AvgIpc) is 2.27. The predicted molar refractivity (Wildman–Crippen MR) is 65.9 cm³/mol. The van der Waals surface area contributed by atoms with Crippen LogP contribution in [0.5, 0.6) is 11.5 Å². The third-order valence-electron chi connectivity index (χ3n) is 2.32. The fourth-order valence-electron chi connectivity index (χ4n) is 1.38. The predicted octanol–water partition coefficient (Wildman–Crippen LogP) is 1.85. The minimum Gasteiger partial charge on any atom is -0.493 e. The zero-order valence-corrected chi connectivity index (χ0v) is 11.1. The molecule has 0 radical (unpaired) electrons. The SMILES string of the molecule is COc1cc(Br)c([C@@H](O)[C@H](C)N)cc1OC. The molecule has 0 aromatic heterocycles.